The maximum atomic E-state index is 14.1. The summed E-state index contributed by atoms with van der Waals surface area (Å²) < 4.78 is 42.2. The number of anilines is 2. The largest absolute Gasteiger partial charge is 0.421 e. The number of nitrogens with zero attached hydrogens (tertiary/aromatic N) is 2. The molecule has 0 aliphatic carbocycles. The van der Waals surface area contributed by atoms with Crippen LogP contribution in [0.2, 0.25) is 5.02 Å². The number of halogens is 4. The Morgan fingerprint density at radius 2 is 1.78 bits per heavy atom. The number of aromatic amines is 1. The maximum Gasteiger partial charge on any atom is 0.421 e. The number of aryl methyl sites for hydroxylation is 1. The maximum absolute atomic E-state index is 14.1. The summed E-state index contributed by atoms with van der Waals surface area (Å²) in [5.74, 6) is -6.49. The van der Waals surface area contributed by atoms with Gasteiger partial charge in [0.05, 0.1) is 5.69 Å². The molecule has 3 aromatic rings. The molecule has 0 saturated carbocycles. The van der Waals surface area contributed by atoms with Crippen molar-refractivity contribution in [2.24, 2.45) is 0 Å². The SMILES string of the molecule is Cc1cc(NC(=O)C(O)c2cccc(Cl)c2)ccc1-c1[nH]c(C(O)(O)O)nccnc(N)c1C(F)(F)F. The Balaban J connectivity index is 2.12. The second-order valence-electron chi connectivity index (χ2n) is 7.77. The number of alkyl halides is 3. The molecule has 0 aliphatic heterocycles. The van der Waals surface area contributed by atoms with Gasteiger partial charge in [-0.1, -0.05) is 29.8 Å². The smallest absolute Gasteiger partial charge is 0.383 e. The molecule has 10 nitrogen and oxygen atoms in total. The average Bonchev–Trinajstić information content (AvgIpc) is 2.86. The first-order valence-corrected chi connectivity index (χ1v) is 10.7. The minimum absolute atomic E-state index is 0.127. The van der Waals surface area contributed by atoms with Gasteiger partial charge in [0.15, 0.2) is 11.9 Å². The van der Waals surface area contributed by atoms with Crippen LogP contribution >= 0.6 is 11.6 Å². The number of nitrogens with two attached hydrogens (primary N) is 1. The molecule has 1 amide bonds. The van der Waals surface area contributed by atoms with Gasteiger partial charge in [-0.15, -0.1) is 0 Å². The van der Waals surface area contributed by atoms with Crippen molar-refractivity contribution < 1.29 is 38.4 Å². The third-order valence-electron chi connectivity index (χ3n) is 5.01. The lowest BCUT2D eigenvalue weighted by atomic mass is 10.0. The highest BCUT2D eigenvalue weighted by molar-refractivity contribution is 6.30. The molecule has 2 aromatic carbocycles. The number of benzene rings is 2. The number of hydrogen-bond donors (Lipinski definition) is 7. The Hall–Kier alpha value is -3.75. The van der Waals surface area contributed by atoms with Crippen LogP contribution in [0.1, 0.15) is 28.6 Å². The summed E-state index contributed by atoms with van der Waals surface area (Å²) in [7, 11) is 0. The predicted molar refractivity (Wildman–Crippen MR) is 127 cm³/mol. The molecule has 0 bridgehead atoms. The van der Waals surface area contributed by atoms with E-state index in [2.05, 4.69) is 20.3 Å². The van der Waals surface area contributed by atoms with Crippen molar-refractivity contribution in [3.63, 3.8) is 0 Å². The van der Waals surface area contributed by atoms with Crippen LogP contribution in [0.4, 0.5) is 24.7 Å². The van der Waals surface area contributed by atoms with Crippen molar-refractivity contribution in [3.8, 4) is 11.3 Å². The summed E-state index contributed by atoms with van der Waals surface area (Å²) in [6, 6.07) is 9.72. The van der Waals surface area contributed by atoms with Crippen molar-refractivity contribution in [3.05, 3.63) is 82.4 Å². The van der Waals surface area contributed by atoms with E-state index < -0.39 is 47.1 Å². The topological polar surface area (TPSA) is 178 Å². The number of H-pyrrole nitrogens is 1. The van der Waals surface area contributed by atoms with Crippen LogP contribution in [0.25, 0.3) is 11.3 Å². The lowest BCUT2D eigenvalue weighted by Gasteiger charge is -2.18. The molecule has 0 saturated heterocycles. The Bertz CT molecular complexity index is 1370. The first-order chi connectivity index (χ1) is 17.2. The van der Waals surface area contributed by atoms with E-state index in [-0.39, 0.29) is 22.4 Å². The van der Waals surface area contributed by atoms with Crippen molar-refractivity contribution in [2.75, 3.05) is 11.1 Å². The minimum Gasteiger partial charge on any atom is -0.383 e. The zero-order valence-corrected chi connectivity index (χ0v) is 19.7. The highest BCUT2D eigenvalue weighted by Crippen LogP contribution is 2.39. The van der Waals surface area contributed by atoms with Crippen LogP contribution in [0, 0.1) is 6.92 Å². The molecule has 1 aromatic heterocycles. The molecule has 1 atom stereocenters. The zero-order valence-electron chi connectivity index (χ0n) is 19.0. The second-order valence-corrected chi connectivity index (χ2v) is 8.21. The summed E-state index contributed by atoms with van der Waals surface area (Å²) in [6.45, 7) is 1.40. The fraction of sp³-hybridized carbons (Fsp3) is 0.174. The van der Waals surface area contributed by atoms with Gasteiger partial charge >= 0.3 is 12.1 Å². The van der Waals surface area contributed by atoms with Crippen LogP contribution in [0.15, 0.2) is 54.9 Å². The van der Waals surface area contributed by atoms with E-state index in [1.54, 1.807) is 12.1 Å². The first kappa shape index (κ1) is 27.8. The Morgan fingerprint density at radius 1 is 1.11 bits per heavy atom. The van der Waals surface area contributed by atoms with Gasteiger partial charge in [0, 0.05) is 28.7 Å². The van der Waals surface area contributed by atoms with E-state index in [9.17, 15) is 38.4 Å². The van der Waals surface area contributed by atoms with Gasteiger partial charge in [0.1, 0.15) is 11.4 Å². The molecule has 1 heterocycles. The zero-order chi connectivity index (χ0) is 27.5. The normalized spacial score (nSPS) is 12.6. The second kappa shape index (κ2) is 10.7. The van der Waals surface area contributed by atoms with Gasteiger partial charge in [-0.05, 0) is 42.3 Å². The molecular formula is C23H21ClF3N5O5. The Kier molecular flexibility index (Phi) is 8.05. The first-order valence-electron chi connectivity index (χ1n) is 10.4. The number of aromatic nitrogens is 3. The number of carbonyl (C=O) groups is 1. The molecule has 14 heteroatoms. The summed E-state index contributed by atoms with van der Waals surface area (Å²) in [5.41, 5.74) is 3.65. The molecule has 37 heavy (non-hydrogen) atoms. The lowest BCUT2D eigenvalue weighted by Crippen LogP contribution is -2.26. The van der Waals surface area contributed by atoms with Crippen molar-refractivity contribution >= 4 is 29.0 Å². The highest BCUT2D eigenvalue weighted by Gasteiger charge is 2.38. The average molecular weight is 540 g/mol. The number of amides is 1. The lowest BCUT2D eigenvalue weighted by molar-refractivity contribution is -0.328. The molecule has 8 N–H and O–H groups in total. The van der Waals surface area contributed by atoms with Crippen molar-refractivity contribution in [2.45, 2.75) is 25.2 Å². The van der Waals surface area contributed by atoms with E-state index in [1.807, 2.05) is 0 Å². The molecule has 196 valence electrons. The quantitative estimate of drug-likeness (QED) is 0.242. The van der Waals surface area contributed by atoms with E-state index in [0.717, 1.165) is 12.4 Å². The van der Waals surface area contributed by atoms with Crippen LogP contribution in [-0.2, 0) is 16.9 Å². The molecular weight excluding hydrogens is 519 g/mol. The van der Waals surface area contributed by atoms with Gasteiger partial charge in [-0.2, -0.15) is 13.2 Å². The predicted octanol–water partition coefficient (Wildman–Crippen LogP) is 2.92. The number of nitrogens with one attached hydrogen (secondary N) is 2. The standard InChI is InChI=1S/C23H21ClF3N5O5/c1-11-9-14(31-20(34)18(33)12-3-2-4-13(24)10-12)5-6-15(11)17-16(22(25,26)27)19(28)29-7-8-30-21(32-17)23(35,36)37/h2-10,18,33,35-37H,1H3,(H2,28,29)(H,30,32)(H,31,34). The molecule has 3 rings (SSSR count). The van der Waals surface area contributed by atoms with Crippen LogP contribution in [0.3, 0.4) is 0 Å². The molecule has 0 fully saturated rings. The summed E-state index contributed by atoms with van der Waals surface area (Å²) in [6.07, 6.45) is -5.10. The van der Waals surface area contributed by atoms with E-state index >= 15 is 0 Å². The van der Waals surface area contributed by atoms with Gasteiger partial charge < -0.3 is 36.5 Å². The number of nitrogen functional groups attached to an aromatic ring is 1. The fourth-order valence-electron chi connectivity index (χ4n) is 3.35. The van der Waals surface area contributed by atoms with Gasteiger partial charge in [0.2, 0.25) is 0 Å². The molecule has 0 radical (unpaired) electrons. The third-order valence-corrected chi connectivity index (χ3v) is 5.25. The minimum atomic E-state index is -5.08. The number of aliphatic hydroxyl groups excluding tert-OH is 1. The molecule has 0 spiro atoms. The third kappa shape index (κ3) is 6.72. The summed E-state index contributed by atoms with van der Waals surface area (Å²) in [5, 5.41) is 41.8. The number of hydrogen-bond acceptors (Lipinski definition) is 8. The highest BCUT2D eigenvalue weighted by atomic mass is 35.5. The number of carbonyl (C=O) groups excluding carboxylic acids is 1. The van der Waals surface area contributed by atoms with Crippen molar-refractivity contribution in [1.29, 1.82) is 0 Å². The summed E-state index contributed by atoms with van der Waals surface area (Å²) >= 11 is 5.88. The van der Waals surface area contributed by atoms with E-state index in [4.69, 9.17) is 17.3 Å². The van der Waals surface area contributed by atoms with Gasteiger partial charge in [0.25, 0.3) is 5.91 Å². The monoisotopic (exact) mass is 539 g/mol. The number of rotatable bonds is 5. The summed E-state index contributed by atoms with van der Waals surface area (Å²) in [4.78, 5) is 21.6. The van der Waals surface area contributed by atoms with Crippen LogP contribution < -0.4 is 11.1 Å². The molecule has 1 unspecified atom stereocenters. The van der Waals surface area contributed by atoms with E-state index in [0.29, 0.717) is 5.02 Å². The Morgan fingerprint density at radius 3 is 2.38 bits per heavy atom. The number of aliphatic hydroxyl groups is 4. The van der Waals surface area contributed by atoms with Gasteiger partial charge in [-0.25, -0.2) is 9.97 Å². The van der Waals surface area contributed by atoms with E-state index in [1.165, 1.54) is 37.3 Å². The van der Waals surface area contributed by atoms with Crippen LogP contribution in [0.5, 0.6) is 0 Å². The van der Waals surface area contributed by atoms with Crippen molar-refractivity contribution in [1.82, 2.24) is 15.0 Å². The Labute approximate surface area is 212 Å². The van der Waals surface area contributed by atoms with Gasteiger partial charge in [-0.3, -0.25) is 4.79 Å². The van der Waals surface area contributed by atoms with Crippen LogP contribution in [-0.4, -0.2) is 41.3 Å². The fourth-order valence-corrected chi connectivity index (χ4v) is 3.55. The molecule has 0 aliphatic rings.